The lowest BCUT2D eigenvalue weighted by Gasteiger charge is -2.36. The summed E-state index contributed by atoms with van der Waals surface area (Å²) in [7, 11) is -4.18. The van der Waals surface area contributed by atoms with Crippen LogP contribution in [0, 0.1) is 17.6 Å². The van der Waals surface area contributed by atoms with E-state index in [2.05, 4.69) is 5.32 Å². The number of nitrogens with one attached hydrogen (secondary N) is 1. The molecule has 2 aromatic carbocycles. The zero-order valence-corrected chi connectivity index (χ0v) is 19.7. The molecule has 0 saturated carbocycles. The Labute approximate surface area is 196 Å². The number of rotatable bonds is 6. The van der Waals surface area contributed by atoms with E-state index in [4.69, 9.17) is 11.6 Å². The smallest absolute Gasteiger partial charge is 0.251 e. The first-order valence-corrected chi connectivity index (χ1v) is 12.1. The summed E-state index contributed by atoms with van der Waals surface area (Å²) >= 11 is 5.85. The summed E-state index contributed by atoms with van der Waals surface area (Å²) in [5.41, 5.74) is 0.357. The molecule has 1 atom stereocenters. The van der Waals surface area contributed by atoms with E-state index in [0.29, 0.717) is 16.7 Å². The molecule has 2 amide bonds. The van der Waals surface area contributed by atoms with Crippen LogP contribution in [0.4, 0.5) is 8.78 Å². The average molecular weight is 500 g/mol. The fourth-order valence-electron chi connectivity index (χ4n) is 3.51. The normalized spacial score (nSPS) is 16.0. The highest BCUT2D eigenvalue weighted by Crippen LogP contribution is 2.22. The molecule has 1 saturated heterocycles. The molecular formula is C22H24ClF2N3O4S. The van der Waals surface area contributed by atoms with Crippen LogP contribution in [0.3, 0.4) is 0 Å². The second kappa shape index (κ2) is 10.1. The molecule has 1 heterocycles. The van der Waals surface area contributed by atoms with Gasteiger partial charge in [-0.3, -0.25) is 9.59 Å². The van der Waals surface area contributed by atoms with Crippen LogP contribution in [-0.4, -0.2) is 61.7 Å². The van der Waals surface area contributed by atoms with Crippen molar-refractivity contribution in [1.29, 1.82) is 0 Å². The zero-order valence-electron chi connectivity index (χ0n) is 18.1. The van der Waals surface area contributed by atoms with Gasteiger partial charge in [0.15, 0.2) is 0 Å². The molecule has 178 valence electrons. The molecule has 0 radical (unpaired) electrons. The van der Waals surface area contributed by atoms with E-state index >= 15 is 0 Å². The molecule has 1 N–H and O–H groups in total. The van der Waals surface area contributed by atoms with Crippen LogP contribution < -0.4 is 5.32 Å². The zero-order chi connectivity index (χ0) is 24.3. The highest BCUT2D eigenvalue weighted by molar-refractivity contribution is 7.89. The first-order chi connectivity index (χ1) is 15.5. The Morgan fingerprint density at radius 2 is 1.61 bits per heavy atom. The minimum Gasteiger partial charge on any atom is -0.340 e. The van der Waals surface area contributed by atoms with Gasteiger partial charge in [0.05, 0.1) is 0 Å². The summed E-state index contributed by atoms with van der Waals surface area (Å²) < 4.78 is 53.7. The van der Waals surface area contributed by atoms with E-state index in [9.17, 15) is 26.8 Å². The quantitative estimate of drug-likeness (QED) is 0.662. The Balaban J connectivity index is 1.67. The van der Waals surface area contributed by atoms with Crippen molar-refractivity contribution < 1.29 is 26.8 Å². The lowest BCUT2D eigenvalue weighted by atomic mass is 10.0. The van der Waals surface area contributed by atoms with Crippen molar-refractivity contribution in [3.05, 3.63) is 64.7 Å². The van der Waals surface area contributed by atoms with Gasteiger partial charge in [-0.1, -0.05) is 25.4 Å². The van der Waals surface area contributed by atoms with Crippen LogP contribution >= 0.6 is 11.6 Å². The van der Waals surface area contributed by atoms with Gasteiger partial charge in [-0.2, -0.15) is 4.31 Å². The summed E-state index contributed by atoms with van der Waals surface area (Å²) in [5, 5.41) is 3.22. The minimum absolute atomic E-state index is 0.0547. The van der Waals surface area contributed by atoms with Gasteiger partial charge in [0.2, 0.25) is 15.9 Å². The molecule has 1 aliphatic heterocycles. The average Bonchev–Trinajstić information content (AvgIpc) is 2.77. The van der Waals surface area contributed by atoms with Crippen molar-refractivity contribution in [3.8, 4) is 0 Å². The number of hydrogen-bond acceptors (Lipinski definition) is 4. The van der Waals surface area contributed by atoms with E-state index in [1.54, 1.807) is 38.1 Å². The number of sulfonamides is 1. The number of benzene rings is 2. The number of halogens is 3. The van der Waals surface area contributed by atoms with Gasteiger partial charge in [0.1, 0.15) is 22.6 Å². The summed E-state index contributed by atoms with van der Waals surface area (Å²) in [4.78, 5) is 26.5. The molecule has 7 nitrogen and oxygen atoms in total. The lowest BCUT2D eigenvalue weighted by Crippen LogP contribution is -2.57. The second-order valence-corrected chi connectivity index (χ2v) is 10.3. The first kappa shape index (κ1) is 25.1. The Bertz CT molecular complexity index is 1130. The van der Waals surface area contributed by atoms with Crippen molar-refractivity contribution in [2.45, 2.75) is 24.8 Å². The minimum atomic E-state index is -4.18. The molecule has 0 bridgehead atoms. The number of carbonyl (C=O) groups excluding carboxylic acids is 2. The van der Waals surface area contributed by atoms with Gasteiger partial charge in [-0.25, -0.2) is 17.2 Å². The van der Waals surface area contributed by atoms with E-state index in [1.165, 1.54) is 4.90 Å². The molecule has 1 fully saturated rings. The highest BCUT2D eigenvalue weighted by atomic mass is 35.5. The third kappa shape index (κ3) is 5.69. The summed E-state index contributed by atoms with van der Waals surface area (Å²) in [6, 6.07) is 7.73. The molecule has 0 spiro atoms. The molecule has 2 aromatic rings. The van der Waals surface area contributed by atoms with Crippen molar-refractivity contribution in [1.82, 2.24) is 14.5 Å². The van der Waals surface area contributed by atoms with Crippen LogP contribution in [0.2, 0.25) is 5.02 Å². The molecule has 33 heavy (non-hydrogen) atoms. The molecule has 1 aliphatic rings. The number of piperazine rings is 1. The maximum absolute atomic E-state index is 14.0. The van der Waals surface area contributed by atoms with Crippen LogP contribution in [0.1, 0.15) is 24.2 Å². The van der Waals surface area contributed by atoms with Crippen LogP contribution in [0.25, 0.3) is 0 Å². The molecule has 11 heteroatoms. The Kier molecular flexibility index (Phi) is 7.71. The molecular weight excluding hydrogens is 476 g/mol. The maximum Gasteiger partial charge on any atom is 0.251 e. The van der Waals surface area contributed by atoms with Gasteiger partial charge in [0, 0.05) is 42.8 Å². The number of nitrogens with zero attached hydrogens (tertiary/aromatic N) is 2. The molecule has 0 unspecified atom stereocenters. The maximum atomic E-state index is 14.0. The predicted molar refractivity (Wildman–Crippen MR) is 119 cm³/mol. The van der Waals surface area contributed by atoms with Crippen molar-refractivity contribution in [2.75, 3.05) is 26.2 Å². The summed E-state index contributed by atoms with van der Waals surface area (Å²) in [6.45, 7) is 3.62. The van der Waals surface area contributed by atoms with Crippen molar-refractivity contribution >= 4 is 33.4 Å². The van der Waals surface area contributed by atoms with E-state index in [0.717, 1.165) is 16.4 Å². The third-order valence-electron chi connectivity index (χ3n) is 5.39. The highest BCUT2D eigenvalue weighted by Gasteiger charge is 2.35. The second-order valence-electron chi connectivity index (χ2n) is 8.01. The first-order valence-electron chi connectivity index (χ1n) is 10.3. The van der Waals surface area contributed by atoms with E-state index in [-0.39, 0.29) is 38.0 Å². The topological polar surface area (TPSA) is 86.8 Å². The standard InChI is InChI=1S/C22H24ClF2N3O4S/c1-14(2)20(26-21(29)15-3-5-16(23)6-4-15)22(30)27-9-11-28(12-10-27)33(31,32)19-8-7-17(24)13-18(19)25/h3-8,13-14,20H,9-12H2,1-2H3,(H,26,29)/t20-/m0/s1. The Hall–Kier alpha value is -2.56. The summed E-state index contributed by atoms with van der Waals surface area (Å²) in [6.07, 6.45) is 0. The molecule has 0 aromatic heterocycles. The number of hydrogen-bond donors (Lipinski definition) is 1. The SMILES string of the molecule is CC(C)[C@H](NC(=O)c1ccc(Cl)cc1)C(=O)N1CCN(S(=O)(=O)c2ccc(F)cc2F)CC1. The van der Waals surface area contributed by atoms with Gasteiger partial charge in [-0.15, -0.1) is 0 Å². The fraction of sp³-hybridized carbons (Fsp3) is 0.364. The third-order valence-corrected chi connectivity index (χ3v) is 7.57. The number of amides is 2. The predicted octanol–water partition coefficient (Wildman–Crippen LogP) is 2.91. The monoisotopic (exact) mass is 499 g/mol. The Morgan fingerprint density at radius 1 is 1.00 bits per heavy atom. The fourth-order valence-corrected chi connectivity index (χ4v) is 5.10. The van der Waals surface area contributed by atoms with Crippen LogP contribution in [0.15, 0.2) is 47.4 Å². The molecule has 3 rings (SSSR count). The largest absolute Gasteiger partial charge is 0.340 e. The van der Waals surface area contributed by atoms with Crippen LogP contribution in [-0.2, 0) is 14.8 Å². The Morgan fingerprint density at radius 3 is 2.15 bits per heavy atom. The lowest BCUT2D eigenvalue weighted by molar-refractivity contribution is -0.135. The van der Waals surface area contributed by atoms with Gasteiger partial charge in [0.25, 0.3) is 5.91 Å². The number of carbonyl (C=O) groups is 2. The van der Waals surface area contributed by atoms with Gasteiger partial charge in [-0.05, 0) is 42.3 Å². The van der Waals surface area contributed by atoms with Gasteiger partial charge < -0.3 is 10.2 Å². The summed E-state index contributed by atoms with van der Waals surface area (Å²) in [5.74, 6) is -3.02. The van der Waals surface area contributed by atoms with Crippen molar-refractivity contribution in [3.63, 3.8) is 0 Å². The van der Waals surface area contributed by atoms with E-state index < -0.39 is 38.5 Å². The van der Waals surface area contributed by atoms with Crippen molar-refractivity contribution in [2.24, 2.45) is 5.92 Å². The molecule has 0 aliphatic carbocycles. The van der Waals surface area contributed by atoms with Gasteiger partial charge >= 0.3 is 0 Å². The van der Waals surface area contributed by atoms with E-state index in [1.807, 2.05) is 0 Å². The van der Waals surface area contributed by atoms with Crippen LogP contribution in [0.5, 0.6) is 0 Å².